The van der Waals surface area contributed by atoms with E-state index in [1.807, 2.05) is 36.5 Å². The van der Waals surface area contributed by atoms with Crippen molar-refractivity contribution >= 4 is 37.2 Å². The first kappa shape index (κ1) is 17.1. The molecule has 0 fully saturated rings. The lowest BCUT2D eigenvalue weighted by Crippen LogP contribution is -2.50. The molecule has 8 heteroatoms. The number of pyridine rings is 1. The highest BCUT2D eigenvalue weighted by atomic mass is 32.2. The number of hydrogen-bond acceptors (Lipinski definition) is 7. The molecule has 2 N–H and O–H groups in total. The van der Waals surface area contributed by atoms with Crippen LogP contribution in [0.25, 0.3) is 21.3 Å². The van der Waals surface area contributed by atoms with E-state index in [0.29, 0.717) is 5.01 Å². The van der Waals surface area contributed by atoms with Crippen LogP contribution in [0.1, 0.15) is 24.9 Å². The molecule has 1 atom stereocenters. The van der Waals surface area contributed by atoms with E-state index in [-0.39, 0.29) is 11.6 Å². The Labute approximate surface area is 155 Å². The summed E-state index contributed by atoms with van der Waals surface area (Å²) in [6.07, 6.45) is 3.55. The standard InChI is InChI=1S/C18H18N4O2S2/c1-18(2)17(19)22-14(10-26(18,23)24)16-21-13-6-5-11(8-15(13)25-16)12-4-3-7-20-9-12/h3-9,14H,10H2,1-2H3,(H2,19,22)/t14-/m0/s1. The molecule has 134 valence electrons. The predicted octanol–water partition coefficient (Wildman–Crippen LogP) is 2.96. The van der Waals surface area contributed by atoms with E-state index >= 15 is 0 Å². The van der Waals surface area contributed by atoms with E-state index in [9.17, 15) is 8.42 Å². The van der Waals surface area contributed by atoms with Crippen LogP contribution in [0.5, 0.6) is 0 Å². The summed E-state index contributed by atoms with van der Waals surface area (Å²) in [7, 11) is -3.39. The number of fused-ring (bicyclic) bond motifs is 1. The van der Waals surface area contributed by atoms with Crippen LogP contribution in [0, 0.1) is 0 Å². The first-order valence-corrected chi connectivity index (χ1v) is 10.6. The zero-order chi connectivity index (χ0) is 18.5. The van der Waals surface area contributed by atoms with E-state index in [1.165, 1.54) is 11.3 Å². The van der Waals surface area contributed by atoms with Gasteiger partial charge in [-0.25, -0.2) is 13.4 Å². The van der Waals surface area contributed by atoms with Gasteiger partial charge >= 0.3 is 0 Å². The number of rotatable bonds is 2. The molecular weight excluding hydrogens is 368 g/mol. The lowest BCUT2D eigenvalue weighted by Gasteiger charge is -2.30. The molecule has 2 aromatic heterocycles. The van der Waals surface area contributed by atoms with Gasteiger partial charge in [-0.3, -0.25) is 9.98 Å². The van der Waals surface area contributed by atoms with Crippen LogP contribution in [-0.4, -0.2) is 34.7 Å². The highest BCUT2D eigenvalue weighted by Crippen LogP contribution is 2.36. The van der Waals surface area contributed by atoms with E-state index < -0.39 is 20.6 Å². The lowest BCUT2D eigenvalue weighted by atomic mass is 10.1. The highest BCUT2D eigenvalue weighted by molar-refractivity contribution is 7.93. The molecule has 0 aliphatic carbocycles. The first-order valence-electron chi connectivity index (χ1n) is 8.15. The van der Waals surface area contributed by atoms with Crippen LogP contribution in [0.2, 0.25) is 0 Å². The summed E-state index contributed by atoms with van der Waals surface area (Å²) >= 11 is 1.46. The molecule has 1 aliphatic heterocycles. The molecule has 1 aromatic carbocycles. The van der Waals surface area contributed by atoms with Crippen molar-refractivity contribution in [3.8, 4) is 11.1 Å². The van der Waals surface area contributed by atoms with Crippen molar-refractivity contribution in [1.82, 2.24) is 9.97 Å². The second-order valence-corrected chi connectivity index (χ2v) is 10.4. The zero-order valence-electron chi connectivity index (χ0n) is 14.4. The fraction of sp³-hybridized carbons (Fsp3) is 0.278. The molecule has 26 heavy (non-hydrogen) atoms. The van der Waals surface area contributed by atoms with Gasteiger partial charge in [-0.1, -0.05) is 12.1 Å². The number of aliphatic imine (C=N–C) groups is 1. The van der Waals surface area contributed by atoms with Crippen molar-refractivity contribution in [2.24, 2.45) is 10.7 Å². The SMILES string of the molecule is CC1(C)C(N)=N[C@H](c2nc3ccc(-c4cccnc4)cc3s2)CS1(=O)=O. The number of aromatic nitrogens is 2. The molecule has 3 aromatic rings. The zero-order valence-corrected chi connectivity index (χ0v) is 16.0. The monoisotopic (exact) mass is 386 g/mol. The Bertz CT molecular complexity index is 1120. The summed E-state index contributed by atoms with van der Waals surface area (Å²) in [6, 6.07) is 9.31. The van der Waals surface area contributed by atoms with Gasteiger partial charge in [0.2, 0.25) is 0 Å². The molecule has 0 spiro atoms. The van der Waals surface area contributed by atoms with Gasteiger partial charge < -0.3 is 5.73 Å². The number of amidine groups is 1. The largest absolute Gasteiger partial charge is 0.386 e. The van der Waals surface area contributed by atoms with Crippen LogP contribution < -0.4 is 5.73 Å². The maximum atomic E-state index is 12.6. The molecule has 0 bridgehead atoms. The molecule has 0 saturated carbocycles. The van der Waals surface area contributed by atoms with Crippen LogP contribution in [0.15, 0.2) is 47.7 Å². The number of thiazole rings is 1. The summed E-state index contributed by atoms with van der Waals surface area (Å²) in [6.45, 7) is 3.19. The Morgan fingerprint density at radius 1 is 1.23 bits per heavy atom. The minimum Gasteiger partial charge on any atom is -0.386 e. The Morgan fingerprint density at radius 3 is 2.73 bits per heavy atom. The fourth-order valence-corrected chi connectivity index (χ4v) is 5.45. The predicted molar refractivity (Wildman–Crippen MR) is 105 cm³/mol. The summed E-state index contributed by atoms with van der Waals surface area (Å²) in [5.41, 5.74) is 8.84. The average molecular weight is 387 g/mol. The summed E-state index contributed by atoms with van der Waals surface area (Å²) < 4.78 is 25.0. The Balaban J connectivity index is 1.76. The van der Waals surface area contributed by atoms with Gasteiger partial charge in [0.15, 0.2) is 9.84 Å². The van der Waals surface area contributed by atoms with Crippen LogP contribution in [-0.2, 0) is 9.84 Å². The van der Waals surface area contributed by atoms with Crippen LogP contribution >= 0.6 is 11.3 Å². The summed E-state index contributed by atoms with van der Waals surface area (Å²) in [5.74, 6) is 0.0692. The second-order valence-electron chi connectivity index (χ2n) is 6.80. The quantitative estimate of drug-likeness (QED) is 0.730. The van der Waals surface area contributed by atoms with Gasteiger partial charge in [0, 0.05) is 18.0 Å². The number of sulfone groups is 1. The maximum Gasteiger partial charge on any atom is 0.165 e. The third kappa shape index (κ3) is 2.69. The topological polar surface area (TPSA) is 98.3 Å². The molecule has 0 radical (unpaired) electrons. The Morgan fingerprint density at radius 2 is 2.04 bits per heavy atom. The van der Waals surface area contributed by atoms with E-state index in [4.69, 9.17) is 5.73 Å². The number of benzene rings is 1. The minimum absolute atomic E-state index is 0.0734. The number of nitrogens with two attached hydrogens (primary N) is 1. The normalized spacial score (nSPS) is 21.5. The van der Waals surface area contributed by atoms with E-state index in [1.54, 1.807) is 20.0 Å². The van der Waals surface area contributed by atoms with Crippen molar-refractivity contribution in [3.05, 3.63) is 47.7 Å². The van der Waals surface area contributed by atoms with Gasteiger partial charge in [0.1, 0.15) is 21.6 Å². The maximum absolute atomic E-state index is 12.6. The minimum atomic E-state index is -3.39. The fourth-order valence-electron chi connectivity index (χ4n) is 2.86. The van der Waals surface area contributed by atoms with Gasteiger partial charge in [0.25, 0.3) is 0 Å². The number of nitrogens with zero attached hydrogens (tertiary/aromatic N) is 3. The lowest BCUT2D eigenvalue weighted by molar-refractivity contribution is 0.561. The Hall–Kier alpha value is -2.32. The van der Waals surface area contributed by atoms with Gasteiger partial charge in [-0.15, -0.1) is 11.3 Å². The molecule has 0 unspecified atom stereocenters. The van der Waals surface area contributed by atoms with Crippen molar-refractivity contribution in [3.63, 3.8) is 0 Å². The molecule has 4 rings (SSSR count). The van der Waals surface area contributed by atoms with Crippen molar-refractivity contribution < 1.29 is 8.42 Å². The first-order chi connectivity index (χ1) is 12.3. The Kier molecular flexibility index (Phi) is 3.85. The third-order valence-electron chi connectivity index (χ3n) is 4.75. The van der Waals surface area contributed by atoms with E-state index in [0.717, 1.165) is 21.3 Å². The smallest absolute Gasteiger partial charge is 0.165 e. The van der Waals surface area contributed by atoms with Gasteiger partial charge in [0.05, 0.1) is 16.0 Å². The molecule has 0 amide bonds. The van der Waals surface area contributed by atoms with Gasteiger partial charge in [-0.2, -0.15) is 0 Å². The summed E-state index contributed by atoms with van der Waals surface area (Å²) in [5, 5.41) is 0.672. The van der Waals surface area contributed by atoms with Crippen LogP contribution in [0.3, 0.4) is 0 Å². The van der Waals surface area contributed by atoms with Gasteiger partial charge in [-0.05, 0) is 37.6 Å². The van der Waals surface area contributed by atoms with Crippen molar-refractivity contribution in [2.45, 2.75) is 24.6 Å². The molecule has 3 heterocycles. The van der Waals surface area contributed by atoms with Crippen molar-refractivity contribution in [2.75, 3.05) is 5.75 Å². The number of hydrogen-bond donors (Lipinski definition) is 1. The second kappa shape index (κ2) is 5.85. The average Bonchev–Trinajstić information content (AvgIpc) is 3.03. The third-order valence-corrected chi connectivity index (χ3v) is 8.39. The molecular formula is C18H18N4O2S2. The van der Waals surface area contributed by atoms with Crippen molar-refractivity contribution in [1.29, 1.82) is 0 Å². The van der Waals surface area contributed by atoms with Crippen LogP contribution in [0.4, 0.5) is 0 Å². The molecule has 0 saturated heterocycles. The van der Waals surface area contributed by atoms with E-state index in [2.05, 4.69) is 15.0 Å². The molecule has 1 aliphatic rings. The highest BCUT2D eigenvalue weighted by Gasteiger charge is 2.44. The summed E-state index contributed by atoms with van der Waals surface area (Å²) in [4.78, 5) is 13.2. The molecule has 6 nitrogen and oxygen atoms in total.